The van der Waals surface area contributed by atoms with Crippen LogP contribution < -0.4 is 9.64 Å². The molecule has 0 radical (unpaired) electrons. The molecule has 0 saturated heterocycles. The van der Waals surface area contributed by atoms with E-state index in [0.29, 0.717) is 18.7 Å². The summed E-state index contributed by atoms with van der Waals surface area (Å²) in [5.74, 6) is 0.314. The third-order valence-corrected chi connectivity index (χ3v) is 11.2. The molecule has 3 aromatic carbocycles. The predicted molar refractivity (Wildman–Crippen MR) is 210 cm³/mol. The maximum atomic E-state index is 11.6. The van der Waals surface area contributed by atoms with Gasteiger partial charge in [0.25, 0.3) is 10.1 Å². The summed E-state index contributed by atoms with van der Waals surface area (Å²) < 4.78 is 39.3. The minimum absolute atomic E-state index is 0.0671. The summed E-state index contributed by atoms with van der Waals surface area (Å²) >= 11 is 0. The third-order valence-electron chi connectivity index (χ3n) is 10.4. The van der Waals surface area contributed by atoms with Gasteiger partial charge in [0.2, 0.25) is 0 Å². The summed E-state index contributed by atoms with van der Waals surface area (Å²) in [4.78, 5) is 13.3. The largest absolute Gasteiger partial charge is 0.481 e. The highest BCUT2D eigenvalue weighted by Gasteiger charge is 2.39. The summed E-state index contributed by atoms with van der Waals surface area (Å²) in [5, 5.41) is 9.13. The van der Waals surface area contributed by atoms with Gasteiger partial charge in [-0.3, -0.25) is 9.35 Å². The SMILES string of the molecule is C=C(/C=C/C1=C(Oc2ccc(CCC(=O)O)cc2)C(=C\C=C2\N(CCCS(=O)(=O)O)c3ccccc3C2(C)C)/CCC1)C(C)(C)c1ccccc1C. The Balaban J connectivity index is 1.54. The van der Waals surface area contributed by atoms with Gasteiger partial charge in [-0.2, -0.15) is 8.42 Å². The molecule has 8 heteroatoms. The highest BCUT2D eigenvalue weighted by Crippen LogP contribution is 2.48. The number of anilines is 1. The van der Waals surface area contributed by atoms with E-state index in [2.05, 4.69) is 107 Å². The van der Waals surface area contributed by atoms with Crippen molar-refractivity contribution in [3.63, 3.8) is 0 Å². The van der Waals surface area contributed by atoms with Gasteiger partial charge in [0.1, 0.15) is 11.5 Å². The van der Waals surface area contributed by atoms with E-state index in [1.165, 1.54) is 11.1 Å². The second-order valence-electron chi connectivity index (χ2n) is 14.8. The van der Waals surface area contributed by atoms with Crippen molar-refractivity contribution in [2.45, 2.75) is 84.0 Å². The lowest BCUT2D eigenvalue weighted by Gasteiger charge is -2.28. The first kappa shape index (κ1) is 38.6. The van der Waals surface area contributed by atoms with Crippen molar-refractivity contribution >= 4 is 21.8 Å². The molecule has 1 aliphatic carbocycles. The molecule has 2 N–H and O–H groups in total. The van der Waals surface area contributed by atoms with Gasteiger partial charge in [0, 0.05) is 35.2 Å². The molecular formula is C44H51NO6S. The van der Waals surface area contributed by atoms with Crippen LogP contribution >= 0.6 is 0 Å². The number of hydrogen-bond acceptors (Lipinski definition) is 5. The maximum absolute atomic E-state index is 11.6. The lowest BCUT2D eigenvalue weighted by molar-refractivity contribution is -0.136. The quantitative estimate of drug-likeness (QED) is 0.126. The van der Waals surface area contributed by atoms with Crippen LogP contribution in [-0.4, -0.2) is 36.3 Å². The van der Waals surface area contributed by atoms with Gasteiger partial charge in [0.15, 0.2) is 0 Å². The molecule has 0 aromatic heterocycles. The van der Waals surface area contributed by atoms with Crippen molar-refractivity contribution in [1.29, 1.82) is 0 Å². The van der Waals surface area contributed by atoms with Crippen molar-refractivity contribution in [2.75, 3.05) is 17.2 Å². The summed E-state index contributed by atoms with van der Waals surface area (Å²) in [7, 11) is -4.08. The normalized spacial score (nSPS) is 17.6. The van der Waals surface area contributed by atoms with Gasteiger partial charge < -0.3 is 14.7 Å². The van der Waals surface area contributed by atoms with Crippen molar-refractivity contribution in [2.24, 2.45) is 0 Å². The van der Waals surface area contributed by atoms with E-state index in [1.807, 2.05) is 36.4 Å². The van der Waals surface area contributed by atoms with Crippen molar-refractivity contribution in [1.82, 2.24) is 0 Å². The lowest BCUT2D eigenvalue weighted by atomic mass is 9.76. The molecule has 0 fully saturated rings. The monoisotopic (exact) mass is 721 g/mol. The molecule has 1 heterocycles. The van der Waals surface area contributed by atoms with Gasteiger partial charge in [-0.05, 0) is 102 Å². The Bertz CT molecular complexity index is 2050. The fourth-order valence-electron chi connectivity index (χ4n) is 7.27. The molecule has 274 valence electrons. The Kier molecular flexibility index (Phi) is 11.8. The standard InChI is InChI=1S/C44H51NO6S/c1-31-13-7-8-16-37(31)43(3,4)32(2)19-23-34-14-11-15-35(42(34)51-36-25-20-33(21-26-36)22-28-41(46)47)24-27-40-44(5,6)38-17-9-10-18-39(38)45(40)29-12-30-52(48,49)50/h7-10,13,16-21,23-27H,2,11-12,14-15,22,28-30H2,1,3-6H3,(H,46,47)(H,48,49,50)/b23-19+,35-24-,40-27+. The maximum Gasteiger partial charge on any atom is 0.303 e. The fourth-order valence-corrected chi connectivity index (χ4v) is 7.76. The predicted octanol–water partition coefficient (Wildman–Crippen LogP) is 9.81. The zero-order chi connectivity index (χ0) is 37.7. The van der Waals surface area contributed by atoms with Crippen LogP contribution in [0, 0.1) is 6.92 Å². The Morgan fingerprint density at radius 1 is 1.00 bits per heavy atom. The van der Waals surface area contributed by atoms with E-state index >= 15 is 0 Å². The van der Waals surface area contributed by atoms with Gasteiger partial charge in [-0.25, -0.2) is 0 Å². The molecule has 7 nitrogen and oxygen atoms in total. The first-order valence-corrected chi connectivity index (χ1v) is 19.6. The molecule has 0 amide bonds. The van der Waals surface area contributed by atoms with Crippen LogP contribution in [0.4, 0.5) is 5.69 Å². The number of rotatable bonds is 14. The van der Waals surface area contributed by atoms with Crippen molar-refractivity contribution in [3.05, 3.63) is 154 Å². The Morgan fingerprint density at radius 2 is 1.69 bits per heavy atom. The molecule has 3 aromatic rings. The smallest absolute Gasteiger partial charge is 0.303 e. The van der Waals surface area contributed by atoms with Crippen LogP contribution in [0.15, 0.2) is 132 Å². The van der Waals surface area contributed by atoms with E-state index in [0.717, 1.165) is 64.3 Å². The summed E-state index contributed by atoms with van der Waals surface area (Å²) in [6, 6.07) is 24.2. The average Bonchev–Trinajstić information content (AvgIpc) is 3.31. The van der Waals surface area contributed by atoms with E-state index < -0.39 is 16.1 Å². The number of fused-ring (bicyclic) bond motifs is 1. The molecule has 0 atom stereocenters. The lowest BCUT2D eigenvalue weighted by Crippen LogP contribution is -2.28. The number of aliphatic carboxylic acids is 1. The van der Waals surface area contributed by atoms with Crippen LogP contribution in [-0.2, 0) is 32.2 Å². The number of benzene rings is 3. The number of allylic oxidation sites excluding steroid dienone is 8. The number of hydrogen-bond donors (Lipinski definition) is 2. The molecule has 52 heavy (non-hydrogen) atoms. The minimum atomic E-state index is -4.08. The van der Waals surface area contributed by atoms with Crippen LogP contribution in [0.3, 0.4) is 0 Å². The van der Waals surface area contributed by atoms with Gasteiger partial charge in [0.05, 0.1) is 5.75 Å². The summed E-state index contributed by atoms with van der Waals surface area (Å²) in [5.41, 5.74) is 9.07. The van der Waals surface area contributed by atoms with E-state index in [4.69, 9.17) is 9.84 Å². The number of carbonyl (C=O) groups is 1. The highest BCUT2D eigenvalue weighted by molar-refractivity contribution is 7.85. The van der Waals surface area contributed by atoms with E-state index in [-0.39, 0.29) is 29.4 Å². The summed E-state index contributed by atoms with van der Waals surface area (Å²) in [6.07, 6.45) is 11.9. The third kappa shape index (κ3) is 9.03. The van der Waals surface area contributed by atoms with Crippen LogP contribution in [0.2, 0.25) is 0 Å². The summed E-state index contributed by atoms with van der Waals surface area (Å²) in [6.45, 7) is 15.8. The second kappa shape index (κ2) is 15.9. The van der Waals surface area contributed by atoms with E-state index in [9.17, 15) is 17.8 Å². The molecule has 0 unspecified atom stereocenters. The first-order chi connectivity index (χ1) is 24.6. The first-order valence-electron chi connectivity index (χ1n) is 18.0. The molecule has 2 aliphatic rings. The molecule has 1 aliphatic heterocycles. The Morgan fingerprint density at radius 3 is 2.38 bits per heavy atom. The number of carboxylic acid groups (broad SMARTS) is 1. The van der Waals surface area contributed by atoms with Gasteiger partial charge in [-0.15, -0.1) is 0 Å². The number of ether oxygens (including phenoxy) is 1. The number of para-hydroxylation sites is 1. The van der Waals surface area contributed by atoms with Crippen molar-refractivity contribution < 1.29 is 27.6 Å². The zero-order valence-corrected chi connectivity index (χ0v) is 31.8. The number of nitrogens with zero attached hydrogens (tertiary/aromatic N) is 1. The molecular weight excluding hydrogens is 671 g/mol. The average molecular weight is 722 g/mol. The van der Waals surface area contributed by atoms with Crippen LogP contribution in [0.25, 0.3) is 0 Å². The molecule has 0 saturated carbocycles. The van der Waals surface area contributed by atoms with Gasteiger partial charge in [-0.1, -0.05) is 107 Å². The Labute approximate surface area is 309 Å². The van der Waals surface area contributed by atoms with Gasteiger partial charge >= 0.3 is 5.97 Å². The molecule has 5 rings (SSSR count). The fraction of sp³-hybridized carbons (Fsp3) is 0.341. The van der Waals surface area contributed by atoms with E-state index in [1.54, 1.807) is 0 Å². The zero-order valence-electron chi connectivity index (χ0n) is 31.0. The second-order valence-corrected chi connectivity index (χ2v) is 16.4. The Hall–Kier alpha value is -4.66. The van der Waals surface area contributed by atoms with Crippen molar-refractivity contribution in [3.8, 4) is 5.75 Å². The highest BCUT2D eigenvalue weighted by atomic mass is 32.2. The number of aryl methyl sites for hydroxylation is 2. The molecule has 0 bridgehead atoms. The topological polar surface area (TPSA) is 104 Å². The molecule has 0 spiro atoms. The minimum Gasteiger partial charge on any atom is -0.481 e. The van der Waals surface area contributed by atoms with Crippen LogP contribution in [0.1, 0.15) is 82.1 Å². The number of carboxylic acids is 1. The van der Waals surface area contributed by atoms with Crippen LogP contribution in [0.5, 0.6) is 5.75 Å².